The molecule has 3 aromatic rings. The lowest BCUT2D eigenvalue weighted by molar-refractivity contribution is -0.141. The third kappa shape index (κ3) is 8.64. The molecule has 0 spiro atoms. The number of nitrogens with zero attached hydrogens (tertiary/aromatic N) is 1. The van der Waals surface area contributed by atoms with Crippen molar-refractivity contribution in [1.82, 2.24) is 10.2 Å². The number of carbonyl (C=O) groups is 2. The van der Waals surface area contributed by atoms with Crippen LogP contribution in [-0.2, 0) is 22.6 Å². The largest absolute Gasteiger partial charge is 0.497 e. The van der Waals surface area contributed by atoms with E-state index < -0.39 is 6.04 Å². The van der Waals surface area contributed by atoms with Crippen molar-refractivity contribution in [2.45, 2.75) is 63.6 Å². The first-order valence-electron chi connectivity index (χ1n) is 13.8. The maximum atomic E-state index is 13.8. The van der Waals surface area contributed by atoms with Crippen LogP contribution in [0.2, 0.25) is 10.0 Å². The highest BCUT2D eigenvalue weighted by Crippen LogP contribution is 2.25. The summed E-state index contributed by atoms with van der Waals surface area (Å²) in [7, 11) is 1.61. The molecule has 0 unspecified atom stereocenters. The molecule has 1 aliphatic rings. The van der Waals surface area contributed by atoms with E-state index in [0.717, 1.165) is 42.6 Å². The molecular weight excluding hydrogens is 547 g/mol. The quantitative estimate of drug-likeness (QED) is 0.223. The van der Waals surface area contributed by atoms with Gasteiger partial charge >= 0.3 is 0 Å². The minimum atomic E-state index is -0.690. The molecule has 1 atom stereocenters. The van der Waals surface area contributed by atoms with Crippen LogP contribution in [0.25, 0.3) is 0 Å². The van der Waals surface area contributed by atoms with Crippen LogP contribution in [0, 0.1) is 0 Å². The van der Waals surface area contributed by atoms with E-state index in [-0.39, 0.29) is 30.8 Å². The lowest BCUT2D eigenvalue weighted by Gasteiger charge is -2.32. The number of halogens is 2. The minimum Gasteiger partial charge on any atom is -0.497 e. The molecule has 0 aromatic heterocycles. The van der Waals surface area contributed by atoms with Gasteiger partial charge in [-0.1, -0.05) is 72.4 Å². The molecule has 0 heterocycles. The second-order valence-electron chi connectivity index (χ2n) is 10.1. The third-order valence-electron chi connectivity index (χ3n) is 7.19. The molecule has 1 aliphatic carbocycles. The highest BCUT2D eigenvalue weighted by atomic mass is 35.5. The Morgan fingerprint density at radius 2 is 1.68 bits per heavy atom. The van der Waals surface area contributed by atoms with Gasteiger partial charge in [0.1, 0.15) is 17.5 Å². The number of hydrogen-bond acceptors (Lipinski definition) is 4. The summed E-state index contributed by atoms with van der Waals surface area (Å²) in [5.74, 6) is 1.19. The topological polar surface area (TPSA) is 67.9 Å². The standard InChI is InChI=1S/C32H36Cl2N2O4/c1-39-27-15-17-28(18-16-27)40-19-7-12-31(37)36(22-24-13-14-25(33)21-29(24)34)30(20-23-8-3-2-4-9-23)32(38)35-26-10-5-6-11-26/h2-4,8-9,13-18,21,26,30H,5-7,10-12,19-20,22H2,1H3,(H,35,38)/t30-/m0/s1. The van der Waals surface area contributed by atoms with Crippen LogP contribution in [0.4, 0.5) is 0 Å². The Kier molecular flexibility index (Phi) is 11.1. The van der Waals surface area contributed by atoms with Crippen molar-refractivity contribution in [2.24, 2.45) is 0 Å². The van der Waals surface area contributed by atoms with Crippen LogP contribution >= 0.6 is 23.2 Å². The predicted molar refractivity (Wildman–Crippen MR) is 159 cm³/mol. The normalized spacial score (nSPS) is 14.0. The lowest BCUT2D eigenvalue weighted by Crippen LogP contribution is -2.52. The van der Waals surface area contributed by atoms with Gasteiger partial charge in [0.15, 0.2) is 0 Å². The molecule has 40 heavy (non-hydrogen) atoms. The number of benzene rings is 3. The smallest absolute Gasteiger partial charge is 0.243 e. The van der Waals surface area contributed by atoms with Crippen molar-refractivity contribution < 1.29 is 19.1 Å². The van der Waals surface area contributed by atoms with Gasteiger partial charge in [0.2, 0.25) is 11.8 Å². The predicted octanol–water partition coefficient (Wildman–Crippen LogP) is 6.86. The Bertz CT molecular complexity index is 1250. The lowest BCUT2D eigenvalue weighted by atomic mass is 10.0. The zero-order valence-corrected chi connectivity index (χ0v) is 24.3. The van der Waals surface area contributed by atoms with Gasteiger partial charge in [0.25, 0.3) is 0 Å². The zero-order chi connectivity index (χ0) is 28.3. The van der Waals surface area contributed by atoms with E-state index in [1.807, 2.05) is 60.7 Å². The van der Waals surface area contributed by atoms with Crippen LogP contribution in [0.1, 0.15) is 49.7 Å². The van der Waals surface area contributed by atoms with Crippen LogP contribution < -0.4 is 14.8 Å². The third-order valence-corrected chi connectivity index (χ3v) is 7.78. The van der Waals surface area contributed by atoms with Crippen molar-refractivity contribution >= 4 is 35.0 Å². The average Bonchev–Trinajstić information content (AvgIpc) is 3.48. The monoisotopic (exact) mass is 582 g/mol. The second-order valence-corrected chi connectivity index (χ2v) is 10.9. The van der Waals surface area contributed by atoms with Gasteiger partial charge < -0.3 is 19.7 Å². The van der Waals surface area contributed by atoms with Crippen molar-refractivity contribution in [2.75, 3.05) is 13.7 Å². The number of amides is 2. The minimum absolute atomic E-state index is 0.133. The number of methoxy groups -OCH3 is 1. The first-order chi connectivity index (χ1) is 19.4. The highest BCUT2D eigenvalue weighted by molar-refractivity contribution is 6.35. The van der Waals surface area contributed by atoms with Crippen LogP contribution in [-0.4, -0.2) is 42.5 Å². The van der Waals surface area contributed by atoms with Gasteiger partial charge in [-0.25, -0.2) is 0 Å². The van der Waals surface area contributed by atoms with Gasteiger partial charge in [0.05, 0.1) is 13.7 Å². The summed E-state index contributed by atoms with van der Waals surface area (Å²) in [6, 6.07) is 21.8. The van der Waals surface area contributed by atoms with E-state index in [1.54, 1.807) is 24.1 Å². The zero-order valence-electron chi connectivity index (χ0n) is 22.8. The van der Waals surface area contributed by atoms with Crippen molar-refractivity contribution in [1.29, 1.82) is 0 Å². The van der Waals surface area contributed by atoms with E-state index in [9.17, 15) is 9.59 Å². The molecule has 1 N–H and O–H groups in total. The molecule has 8 heteroatoms. The number of ether oxygens (including phenoxy) is 2. The summed E-state index contributed by atoms with van der Waals surface area (Å²) in [4.78, 5) is 29.2. The molecule has 1 fully saturated rings. The molecule has 3 aromatic carbocycles. The van der Waals surface area contributed by atoms with Crippen molar-refractivity contribution in [3.8, 4) is 11.5 Å². The fourth-order valence-electron chi connectivity index (χ4n) is 4.98. The van der Waals surface area contributed by atoms with Crippen LogP contribution in [0.5, 0.6) is 11.5 Å². The molecule has 0 radical (unpaired) electrons. The summed E-state index contributed by atoms with van der Waals surface area (Å²) in [5.41, 5.74) is 1.72. The SMILES string of the molecule is COc1ccc(OCCCC(=O)N(Cc2ccc(Cl)cc2Cl)[C@@H](Cc2ccccc2)C(=O)NC2CCCC2)cc1. The Morgan fingerprint density at radius 3 is 2.35 bits per heavy atom. The number of carbonyl (C=O) groups excluding carboxylic acids is 2. The fourth-order valence-corrected chi connectivity index (χ4v) is 5.45. The molecule has 6 nitrogen and oxygen atoms in total. The maximum Gasteiger partial charge on any atom is 0.243 e. The molecule has 0 bridgehead atoms. The molecule has 0 saturated heterocycles. The first-order valence-corrected chi connectivity index (χ1v) is 14.5. The molecule has 2 amide bonds. The average molecular weight is 584 g/mol. The number of hydrogen-bond donors (Lipinski definition) is 1. The van der Waals surface area contributed by atoms with E-state index in [2.05, 4.69) is 5.32 Å². The Morgan fingerprint density at radius 1 is 0.975 bits per heavy atom. The summed E-state index contributed by atoms with van der Waals surface area (Å²) in [6.45, 7) is 0.564. The van der Waals surface area contributed by atoms with Gasteiger partial charge in [-0.15, -0.1) is 0 Å². The summed E-state index contributed by atoms with van der Waals surface area (Å²) in [5, 5.41) is 4.20. The number of nitrogens with one attached hydrogen (secondary N) is 1. The van der Waals surface area contributed by atoms with Crippen molar-refractivity contribution in [3.05, 3.63) is 94.0 Å². The Hall–Kier alpha value is -3.22. The van der Waals surface area contributed by atoms with Gasteiger partial charge in [-0.3, -0.25) is 9.59 Å². The molecular formula is C32H36Cl2N2O4. The highest BCUT2D eigenvalue weighted by Gasteiger charge is 2.32. The molecule has 212 valence electrons. The Labute approximate surface area is 246 Å². The van der Waals surface area contributed by atoms with Gasteiger partial charge in [-0.2, -0.15) is 0 Å². The van der Waals surface area contributed by atoms with Gasteiger partial charge in [0, 0.05) is 35.5 Å². The first kappa shape index (κ1) is 29.8. The summed E-state index contributed by atoms with van der Waals surface area (Å²) >= 11 is 12.7. The van der Waals surface area contributed by atoms with E-state index in [1.165, 1.54) is 0 Å². The molecule has 0 aliphatic heterocycles. The molecule has 4 rings (SSSR count). The van der Waals surface area contributed by atoms with Crippen LogP contribution in [0.3, 0.4) is 0 Å². The van der Waals surface area contributed by atoms with E-state index >= 15 is 0 Å². The van der Waals surface area contributed by atoms with Crippen molar-refractivity contribution in [3.63, 3.8) is 0 Å². The number of rotatable bonds is 13. The van der Waals surface area contributed by atoms with E-state index in [0.29, 0.717) is 35.2 Å². The van der Waals surface area contributed by atoms with Crippen LogP contribution in [0.15, 0.2) is 72.8 Å². The molecule has 1 saturated carbocycles. The Balaban J connectivity index is 1.52. The van der Waals surface area contributed by atoms with E-state index in [4.69, 9.17) is 32.7 Å². The second kappa shape index (κ2) is 15.0. The summed E-state index contributed by atoms with van der Waals surface area (Å²) in [6.07, 6.45) is 5.25. The van der Waals surface area contributed by atoms with Gasteiger partial charge in [-0.05, 0) is 66.8 Å². The fraction of sp³-hybridized carbons (Fsp3) is 0.375. The maximum absolute atomic E-state index is 13.8. The summed E-state index contributed by atoms with van der Waals surface area (Å²) < 4.78 is 11.0.